The van der Waals surface area contributed by atoms with Gasteiger partial charge in [-0.15, -0.1) is 0 Å². The van der Waals surface area contributed by atoms with Gasteiger partial charge in [0.1, 0.15) is 5.83 Å². The average molecular weight is 159 g/mol. The van der Waals surface area contributed by atoms with Crippen LogP contribution < -0.4 is 5.32 Å². The maximum absolute atomic E-state index is 12.4. The molecule has 0 amide bonds. The molecule has 0 unspecified atom stereocenters. The summed E-state index contributed by atoms with van der Waals surface area (Å²) < 4.78 is 12.4. The van der Waals surface area contributed by atoms with Gasteiger partial charge in [-0.05, 0) is 25.6 Å². The van der Waals surface area contributed by atoms with Crippen LogP contribution in [0.4, 0.5) is 4.39 Å². The summed E-state index contributed by atoms with van der Waals surface area (Å²) in [5.74, 6) is -0.232. The van der Waals surface area contributed by atoms with Crippen molar-refractivity contribution in [3.63, 3.8) is 0 Å². The molecule has 0 aromatic heterocycles. The molecule has 0 saturated carbocycles. The van der Waals surface area contributed by atoms with Gasteiger partial charge in [-0.3, -0.25) is 0 Å². The van der Waals surface area contributed by atoms with E-state index in [-0.39, 0.29) is 5.83 Å². The van der Waals surface area contributed by atoms with Crippen LogP contribution in [0.3, 0.4) is 0 Å². The van der Waals surface area contributed by atoms with Crippen LogP contribution in [0.25, 0.3) is 0 Å². The fraction of sp³-hybridized carbons (Fsp3) is 0.556. The van der Waals surface area contributed by atoms with E-state index in [0.717, 1.165) is 0 Å². The van der Waals surface area contributed by atoms with E-state index in [2.05, 4.69) is 11.9 Å². The first-order valence-corrected chi connectivity index (χ1v) is 3.84. The molecule has 11 heavy (non-hydrogen) atoms. The lowest BCUT2D eigenvalue weighted by atomic mass is 10.3. The largest absolute Gasteiger partial charge is 0.316 e. The molecule has 0 heterocycles. The number of hydrogen-bond donors (Lipinski definition) is 1. The second-order valence-electron chi connectivity index (χ2n) is 1.89. The molecule has 0 aliphatic carbocycles. The van der Waals surface area contributed by atoms with Crippen molar-refractivity contribution in [2.75, 3.05) is 13.6 Å². The Morgan fingerprint density at radius 1 is 1.55 bits per heavy atom. The Morgan fingerprint density at radius 2 is 2.00 bits per heavy atom. The summed E-state index contributed by atoms with van der Waals surface area (Å²) in [7, 11) is 1.77. The Hall–Kier alpha value is -0.630. The van der Waals surface area contributed by atoms with Crippen LogP contribution >= 0.6 is 0 Å². The van der Waals surface area contributed by atoms with E-state index in [1.807, 2.05) is 13.8 Å². The molecule has 0 aromatic carbocycles. The SMILES string of the molecule is C=C(C)/C(F)=C/CNC.CC. The minimum Gasteiger partial charge on any atom is -0.316 e. The Kier molecular flexibility index (Phi) is 11.1. The van der Waals surface area contributed by atoms with E-state index in [0.29, 0.717) is 12.1 Å². The number of likely N-dealkylation sites (N-methyl/N-ethyl adjacent to an activating group) is 1. The molecule has 66 valence electrons. The first kappa shape index (κ1) is 13.0. The predicted octanol–water partition coefficient (Wildman–Crippen LogP) is 2.66. The van der Waals surface area contributed by atoms with Gasteiger partial charge in [0.15, 0.2) is 0 Å². The van der Waals surface area contributed by atoms with Gasteiger partial charge in [0, 0.05) is 6.54 Å². The highest BCUT2D eigenvalue weighted by molar-refractivity contribution is 5.19. The zero-order valence-electron chi connectivity index (χ0n) is 7.87. The van der Waals surface area contributed by atoms with Crippen molar-refractivity contribution < 1.29 is 4.39 Å². The van der Waals surface area contributed by atoms with Gasteiger partial charge < -0.3 is 5.32 Å². The Balaban J connectivity index is 0. The third kappa shape index (κ3) is 9.37. The van der Waals surface area contributed by atoms with Crippen molar-refractivity contribution in [1.29, 1.82) is 0 Å². The standard InChI is InChI=1S/C7H12FN.C2H6/c1-6(2)7(8)4-5-9-3;1-2/h4,9H,1,5H2,2-3H3;1-2H3/b7-4-;. The molecule has 0 radical (unpaired) electrons. The molecule has 1 N–H and O–H groups in total. The first-order chi connectivity index (χ1) is 5.18. The minimum atomic E-state index is -0.232. The van der Waals surface area contributed by atoms with Gasteiger partial charge in [0.25, 0.3) is 0 Å². The number of halogens is 1. The fourth-order valence-corrected chi connectivity index (χ4v) is 0.366. The van der Waals surface area contributed by atoms with E-state index < -0.39 is 0 Å². The Morgan fingerprint density at radius 3 is 2.27 bits per heavy atom. The van der Waals surface area contributed by atoms with Crippen LogP contribution in [0, 0.1) is 0 Å². The number of nitrogens with one attached hydrogen (secondary N) is 1. The van der Waals surface area contributed by atoms with Crippen molar-refractivity contribution in [2.45, 2.75) is 20.8 Å². The highest BCUT2D eigenvalue weighted by atomic mass is 19.1. The zero-order chi connectivity index (χ0) is 9.28. The van der Waals surface area contributed by atoms with Crippen LogP contribution in [0.15, 0.2) is 24.1 Å². The Labute approximate surface area is 69.0 Å². The lowest BCUT2D eigenvalue weighted by molar-refractivity contribution is 0.645. The summed E-state index contributed by atoms with van der Waals surface area (Å²) >= 11 is 0. The maximum atomic E-state index is 12.4. The third-order valence-corrected chi connectivity index (χ3v) is 0.893. The van der Waals surface area contributed by atoms with Crippen LogP contribution in [0.2, 0.25) is 0 Å². The van der Waals surface area contributed by atoms with Crippen molar-refractivity contribution in [1.82, 2.24) is 5.32 Å². The number of rotatable bonds is 3. The van der Waals surface area contributed by atoms with Gasteiger partial charge in [-0.2, -0.15) is 0 Å². The van der Waals surface area contributed by atoms with Gasteiger partial charge in [0.05, 0.1) is 0 Å². The molecule has 0 aromatic rings. The molecule has 0 rings (SSSR count). The molecule has 0 bridgehead atoms. The van der Waals surface area contributed by atoms with Crippen molar-refractivity contribution >= 4 is 0 Å². The summed E-state index contributed by atoms with van der Waals surface area (Å²) in [6.45, 7) is 9.63. The second-order valence-corrected chi connectivity index (χ2v) is 1.89. The second kappa shape index (κ2) is 9.37. The van der Waals surface area contributed by atoms with Crippen LogP contribution in [0.5, 0.6) is 0 Å². The van der Waals surface area contributed by atoms with E-state index in [1.54, 1.807) is 14.0 Å². The topological polar surface area (TPSA) is 12.0 Å². The molecular weight excluding hydrogens is 141 g/mol. The Bertz CT molecular complexity index is 128. The predicted molar refractivity (Wildman–Crippen MR) is 49.3 cm³/mol. The first-order valence-electron chi connectivity index (χ1n) is 3.84. The van der Waals surface area contributed by atoms with Crippen LogP contribution in [-0.4, -0.2) is 13.6 Å². The number of allylic oxidation sites excluding steroid dienone is 2. The summed E-state index contributed by atoms with van der Waals surface area (Å²) in [6.07, 6.45) is 1.46. The van der Waals surface area contributed by atoms with Crippen LogP contribution in [0.1, 0.15) is 20.8 Å². The van der Waals surface area contributed by atoms with Gasteiger partial charge in [-0.1, -0.05) is 20.4 Å². The van der Waals surface area contributed by atoms with Crippen LogP contribution in [-0.2, 0) is 0 Å². The lowest BCUT2D eigenvalue weighted by Crippen LogP contribution is -2.04. The van der Waals surface area contributed by atoms with E-state index in [4.69, 9.17) is 0 Å². The number of hydrogen-bond acceptors (Lipinski definition) is 1. The van der Waals surface area contributed by atoms with Crippen molar-refractivity contribution in [3.05, 3.63) is 24.1 Å². The maximum Gasteiger partial charge on any atom is 0.122 e. The van der Waals surface area contributed by atoms with Gasteiger partial charge in [-0.25, -0.2) is 4.39 Å². The smallest absolute Gasteiger partial charge is 0.122 e. The highest BCUT2D eigenvalue weighted by Crippen LogP contribution is 2.05. The zero-order valence-corrected chi connectivity index (χ0v) is 7.87. The third-order valence-electron chi connectivity index (χ3n) is 0.893. The molecule has 2 heteroatoms. The average Bonchev–Trinajstić information content (AvgIpc) is 2.03. The van der Waals surface area contributed by atoms with E-state index >= 15 is 0 Å². The molecule has 1 nitrogen and oxygen atoms in total. The lowest BCUT2D eigenvalue weighted by Gasteiger charge is -1.92. The normalized spacial score (nSPS) is 10.1. The summed E-state index contributed by atoms with van der Waals surface area (Å²) in [4.78, 5) is 0. The van der Waals surface area contributed by atoms with Crippen molar-refractivity contribution in [2.24, 2.45) is 0 Å². The monoisotopic (exact) mass is 159 g/mol. The summed E-state index contributed by atoms with van der Waals surface area (Å²) in [5.41, 5.74) is 0.477. The quantitative estimate of drug-likeness (QED) is 0.624. The summed E-state index contributed by atoms with van der Waals surface area (Å²) in [6, 6.07) is 0. The van der Waals surface area contributed by atoms with Crippen molar-refractivity contribution in [3.8, 4) is 0 Å². The molecular formula is C9H18FN. The van der Waals surface area contributed by atoms with E-state index in [9.17, 15) is 4.39 Å². The molecule has 0 aliphatic rings. The van der Waals surface area contributed by atoms with Gasteiger partial charge in [0.2, 0.25) is 0 Å². The molecule has 0 spiro atoms. The molecule has 0 fully saturated rings. The highest BCUT2D eigenvalue weighted by Gasteiger charge is 1.90. The van der Waals surface area contributed by atoms with Gasteiger partial charge >= 0.3 is 0 Å². The van der Waals surface area contributed by atoms with E-state index in [1.165, 1.54) is 6.08 Å². The molecule has 0 saturated heterocycles. The molecule has 0 atom stereocenters. The summed E-state index contributed by atoms with van der Waals surface area (Å²) in [5, 5.41) is 2.80. The fourth-order valence-electron chi connectivity index (χ4n) is 0.366. The molecule has 0 aliphatic heterocycles. The minimum absolute atomic E-state index is 0.232.